The molecule has 6 nitrogen and oxygen atoms in total. The minimum absolute atomic E-state index is 0.493. The molecule has 6 heteroatoms. The summed E-state index contributed by atoms with van der Waals surface area (Å²) in [5.74, 6) is 0. The number of aromatic nitrogens is 2. The fourth-order valence-corrected chi connectivity index (χ4v) is 0.871. The summed E-state index contributed by atoms with van der Waals surface area (Å²) >= 11 is 0. The van der Waals surface area contributed by atoms with Crippen molar-refractivity contribution in [3.05, 3.63) is 65.2 Å². The topological polar surface area (TPSA) is 81.0 Å². The summed E-state index contributed by atoms with van der Waals surface area (Å²) in [6, 6.07) is 10.3. The Hall–Kier alpha value is -2.50. The van der Waals surface area contributed by atoms with Crippen molar-refractivity contribution in [3.8, 4) is 0 Å². The number of rotatable bonds is 2. The summed E-state index contributed by atoms with van der Waals surface area (Å²) in [6.45, 7) is 0. The molecule has 0 bridgehead atoms. The van der Waals surface area contributed by atoms with E-state index in [0.717, 1.165) is 0 Å². The van der Waals surface area contributed by atoms with Gasteiger partial charge in [-0.05, 0) is 18.2 Å². The van der Waals surface area contributed by atoms with Crippen molar-refractivity contribution in [1.29, 1.82) is 0 Å². The third-order valence-corrected chi connectivity index (χ3v) is 1.47. The van der Waals surface area contributed by atoms with E-state index in [2.05, 4.69) is 9.97 Å². The van der Waals surface area contributed by atoms with E-state index in [9.17, 15) is 10.1 Å². The average Bonchev–Trinajstić information content (AvgIpc) is 2.32. The number of para-hydroxylation sites is 1. The highest BCUT2D eigenvalue weighted by molar-refractivity contribution is 5.39. The van der Waals surface area contributed by atoms with Gasteiger partial charge in [-0.15, -0.1) is 5.43 Å². The lowest BCUT2D eigenvalue weighted by atomic mass is 10.3. The smallest absolute Gasteiger partial charge is 0.162 e. The minimum atomic E-state index is -0.588. The van der Waals surface area contributed by atoms with Crippen LogP contribution in [-0.4, -0.2) is 15.0 Å². The van der Waals surface area contributed by atoms with Crippen molar-refractivity contribution >= 4 is 5.69 Å². The van der Waals surface area contributed by atoms with Crippen LogP contribution in [0.25, 0.3) is 0 Å². The molecule has 2 aromatic rings. The predicted molar refractivity (Wildman–Crippen MR) is 59.1 cm³/mol. The molecule has 0 fully saturated rings. The zero-order valence-electron chi connectivity index (χ0n) is 8.35. The van der Waals surface area contributed by atoms with Crippen molar-refractivity contribution in [2.24, 2.45) is 0 Å². The summed E-state index contributed by atoms with van der Waals surface area (Å²) < 4.78 is 0. The summed E-state index contributed by atoms with van der Waals surface area (Å²) in [6.07, 6.45) is 4.88. The first-order chi connectivity index (χ1) is 7.79. The van der Waals surface area contributed by atoms with Crippen molar-refractivity contribution in [2.45, 2.75) is 0 Å². The van der Waals surface area contributed by atoms with Gasteiger partial charge in [-0.3, -0.25) is 0 Å². The molecule has 0 saturated carbocycles. The lowest BCUT2D eigenvalue weighted by Gasteiger charge is -1.93. The highest BCUT2D eigenvalue weighted by Gasteiger charge is 1.93. The van der Waals surface area contributed by atoms with Gasteiger partial charge >= 0.3 is 0 Å². The van der Waals surface area contributed by atoms with E-state index in [1.165, 1.54) is 6.33 Å². The maximum absolute atomic E-state index is 9.86. The Morgan fingerprint density at radius 3 is 2.06 bits per heavy atom. The molecule has 0 aliphatic rings. The van der Waals surface area contributed by atoms with Gasteiger partial charge in [0.15, 0.2) is 5.03 Å². The second kappa shape index (κ2) is 6.88. The molecule has 0 spiro atoms. The molecule has 2 rings (SSSR count). The lowest BCUT2D eigenvalue weighted by molar-refractivity contribution is -0.445. The normalized spacial score (nSPS) is 8.50. The monoisotopic (exact) mass is 218 g/mol. The number of nitrogens with zero attached hydrogens (tertiary/aromatic N) is 3. The number of hydrogen-bond donors (Lipinski definition) is 1. The van der Waals surface area contributed by atoms with Crippen LogP contribution in [0.15, 0.2) is 55.1 Å². The van der Waals surface area contributed by atoms with Crippen molar-refractivity contribution in [1.82, 2.24) is 9.97 Å². The Bertz CT molecular complexity index is 381. The van der Waals surface area contributed by atoms with Crippen LogP contribution >= 0.6 is 0 Å². The van der Waals surface area contributed by atoms with Gasteiger partial charge in [0.2, 0.25) is 0 Å². The molecule has 0 saturated heterocycles. The summed E-state index contributed by atoms with van der Waals surface area (Å²) in [5.41, 5.74) is 2.52. The molecule has 16 heavy (non-hydrogen) atoms. The molecule has 0 unspecified atom stereocenters. The highest BCUT2D eigenvalue weighted by Crippen LogP contribution is 2.03. The lowest BCUT2D eigenvalue weighted by Crippen LogP contribution is -2.06. The number of benzene rings is 1. The second-order valence-corrected chi connectivity index (χ2v) is 2.64. The van der Waals surface area contributed by atoms with Gasteiger partial charge in [0.05, 0.1) is 0 Å². The summed E-state index contributed by atoms with van der Waals surface area (Å²) in [5, 5.41) is 9.28. The first-order valence-electron chi connectivity index (χ1n) is 4.45. The van der Waals surface area contributed by atoms with Crippen LogP contribution in [0, 0.1) is 10.1 Å². The van der Waals surface area contributed by atoms with Crippen LogP contribution in [-0.2, 0) is 0 Å². The number of hydrogen-bond acceptors (Lipinski definition) is 4. The van der Waals surface area contributed by atoms with Crippen molar-refractivity contribution in [3.63, 3.8) is 0 Å². The first kappa shape index (κ1) is 11.6. The largest absolute Gasteiger partial charge is 0.245 e. The van der Waals surface area contributed by atoms with Crippen LogP contribution in [0.3, 0.4) is 0 Å². The van der Waals surface area contributed by atoms with Gasteiger partial charge in [0.1, 0.15) is 12.0 Å². The molecule has 0 amide bonds. The molecule has 1 aromatic heterocycles. The zero-order valence-corrected chi connectivity index (χ0v) is 8.35. The van der Waals surface area contributed by atoms with Crippen LogP contribution in [0.1, 0.15) is 0 Å². The minimum Gasteiger partial charge on any atom is -0.245 e. The van der Waals surface area contributed by atoms with E-state index in [-0.39, 0.29) is 0 Å². The van der Waals surface area contributed by atoms with Crippen molar-refractivity contribution < 1.29 is 5.03 Å². The number of anilines is 1. The Balaban J connectivity index is 0.000000181. The molecule has 0 aliphatic heterocycles. The van der Waals surface area contributed by atoms with Gasteiger partial charge < -0.3 is 0 Å². The van der Waals surface area contributed by atoms with Crippen LogP contribution in [0.4, 0.5) is 5.69 Å². The number of hydrazine groups is 1. The Morgan fingerprint density at radius 1 is 1.06 bits per heavy atom. The van der Waals surface area contributed by atoms with E-state index < -0.39 is 5.03 Å². The summed E-state index contributed by atoms with van der Waals surface area (Å²) in [4.78, 5) is 17.2. The fraction of sp³-hybridized carbons (Fsp3) is 0. The third-order valence-electron chi connectivity index (χ3n) is 1.47. The molecule has 0 atom stereocenters. The molecular weight excluding hydrogens is 208 g/mol. The van der Waals surface area contributed by atoms with Crippen LogP contribution < -0.4 is 5.43 Å². The average molecular weight is 218 g/mol. The molecule has 82 valence electrons. The standard InChI is InChI=1S/C6H6N2O2.C4H4N2/c9-8(10)7-6-4-2-1-3-5-6;1-2-5-4-6-3-1/h1-5,7H;1-4H. The molecule has 0 aliphatic carbocycles. The van der Waals surface area contributed by atoms with E-state index >= 15 is 0 Å². The molecular formula is C10H10N4O2. The molecule has 1 aromatic carbocycles. The van der Waals surface area contributed by atoms with Gasteiger partial charge in [-0.2, -0.15) is 0 Å². The number of nitrogens with one attached hydrogen (secondary N) is 1. The van der Waals surface area contributed by atoms with Crippen LogP contribution in [0.2, 0.25) is 0 Å². The third kappa shape index (κ3) is 5.28. The zero-order chi connectivity index (χ0) is 11.6. The van der Waals surface area contributed by atoms with E-state index in [0.29, 0.717) is 5.69 Å². The summed E-state index contributed by atoms with van der Waals surface area (Å²) in [7, 11) is 0. The maximum Gasteiger partial charge on any atom is 0.162 e. The highest BCUT2D eigenvalue weighted by atomic mass is 16.7. The van der Waals surface area contributed by atoms with Gasteiger partial charge in [0.25, 0.3) is 0 Å². The van der Waals surface area contributed by atoms with Crippen LogP contribution in [0.5, 0.6) is 0 Å². The second-order valence-electron chi connectivity index (χ2n) is 2.64. The Kier molecular flexibility index (Phi) is 4.98. The maximum atomic E-state index is 9.86. The Labute approximate surface area is 92.1 Å². The fourth-order valence-electron chi connectivity index (χ4n) is 0.871. The molecule has 0 radical (unpaired) electrons. The van der Waals surface area contributed by atoms with Gasteiger partial charge in [0, 0.05) is 12.4 Å². The van der Waals surface area contributed by atoms with E-state index in [4.69, 9.17) is 0 Å². The molecule has 1 heterocycles. The van der Waals surface area contributed by atoms with Crippen molar-refractivity contribution in [2.75, 3.05) is 5.43 Å². The predicted octanol–water partition coefficient (Wildman–Crippen LogP) is 1.77. The quantitative estimate of drug-likeness (QED) is 0.613. The van der Waals surface area contributed by atoms with E-state index in [1.54, 1.807) is 48.8 Å². The molecule has 1 N–H and O–H groups in total. The van der Waals surface area contributed by atoms with Gasteiger partial charge in [-0.25, -0.2) is 20.1 Å². The number of nitro groups is 1. The Morgan fingerprint density at radius 2 is 1.69 bits per heavy atom. The van der Waals surface area contributed by atoms with Gasteiger partial charge in [-0.1, -0.05) is 18.2 Å². The SMILES string of the molecule is O=[N+]([O-])Nc1ccccc1.c1cncnc1. The first-order valence-corrected chi connectivity index (χ1v) is 4.45. The van der Waals surface area contributed by atoms with E-state index in [1.807, 2.05) is 5.43 Å².